The molecule has 0 spiro atoms. The molecule has 7 heteroatoms. The summed E-state index contributed by atoms with van der Waals surface area (Å²) in [5.74, 6) is 1.91. The maximum atomic E-state index is 12.7. The quantitative estimate of drug-likeness (QED) is 0.753. The summed E-state index contributed by atoms with van der Waals surface area (Å²) in [6, 6.07) is 12.3. The number of morpholine rings is 1. The summed E-state index contributed by atoms with van der Waals surface area (Å²) >= 11 is 0. The number of carbonyl (C=O) groups is 1. The van der Waals surface area contributed by atoms with Crippen LogP contribution in [0.25, 0.3) is 0 Å². The van der Waals surface area contributed by atoms with E-state index in [1.165, 1.54) is 0 Å². The van der Waals surface area contributed by atoms with Crippen LogP contribution in [0.2, 0.25) is 0 Å². The van der Waals surface area contributed by atoms with Gasteiger partial charge in [0.25, 0.3) is 0 Å². The van der Waals surface area contributed by atoms with Crippen molar-refractivity contribution in [1.29, 1.82) is 0 Å². The zero-order valence-electron chi connectivity index (χ0n) is 17.8. The van der Waals surface area contributed by atoms with Crippen LogP contribution < -0.4 is 10.2 Å². The van der Waals surface area contributed by atoms with Gasteiger partial charge in [-0.1, -0.05) is 23.4 Å². The molecule has 1 amide bonds. The van der Waals surface area contributed by atoms with E-state index >= 15 is 0 Å². The molecule has 2 aliphatic rings. The molecule has 30 heavy (non-hydrogen) atoms. The summed E-state index contributed by atoms with van der Waals surface area (Å²) in [5, 5.41) is 7.81. The lowest BCUT2D eigenvalue weighted by Gasteiger charge is -2.34. The van der Waals surface area contributed by atoms with Crippen LogP contribution >= 0.6 is 0 Å². The zero-order chi connectivity index (χ0) is 20.8. The second-order valence-corrected chi connectivity index (χ2v) is 8.39. The van der Waals surface area contributed by atoms with Gasteiger partial charge in [0.15, 0.2) is 5.76 Å². The molecule has 0 aliphatic carbocycles. The highest BCUT2D eigenvalue weighted by Gasteiger charge is 2.30. The maximum Gasteiger partial charge on any atom is 0.223 e. The fourth-order valence-electron chi connectivity index (χ4n) is 4.45. The number of para-hydroxylation sites is 1. The Labute approximate surface area is 178 Å². The van der Waals surface area contributed by atoms with Gasteiger partial charge in [-0.15, -0.1) is 0 Å². The number of ether oxygens (including phenoxy) is 1. The molecule has 0 unspecified atom stereocenters. The lowest BCUT2D eigenvalue weighted by molar-refractivity contribution is -0.136. The van der Waals surface area contributed by atoms with Crippen LogP contribution in [0.5, 0.6) is 0 Å². The number of hydrogen-bond donors (Lipinski definition) is 1. The van der Waals surface area contributed by atoms with Gasteiger partial charge in [0.1, 0.15) is 0 Å². The Bertz CT molecular complexity index is 804. The molecule has 1 aromatic heterocycles. The van der Waals surface area contributed by atoms with Crippen LogP contribution in [0.1, 0.15) is 24.3 Å². The Hall–Kier alpha value is -2.38. The first-order valence-electron chi connectivity index (χ1n) is 11.0. The summed E-state index contributed by atoms with van der Waals surface area (Å²) < 4.78 is 11.0. The third kappa shape index (κ3) is 5.40. The minimum atomic E-state index is 0.264. The van der Waals surface area contributed by atoms with E-state index in [4.69, 9.17) is 9.26 Å². The molecule has 7 nitrogen and oxygen atoms in total. The first-order valence-corrected chi connectivity index (χ1v) is 11.0. The number of anilines is 1. The number of carbonyl (C=O) groups excluding carboxylic acids is 1. The van der Waals surface area contributed by atoms with E-state index in [0.29, 0.717) is 38.0 Å². The molecule has 2 aromatic rings. The average Bonchev–Trinajstić information content (AvgIpc) is 3.23. The summed E-state index contributed by atoms with van der Waals surface area (Å²) in [7, 11) is 2.05. The zero-order valence-corrected chi connectivity index (χ0v) is 17.8. The number of piperidine rings is 1. The molecule has 3 heterocycles. The van der Waals surface area contributed by atoms with Gasteiger partial charge in [0.2, 0.25) is 5.91 Å². The topological polar surface area (TPSA) is 70.8 Å². The number of nitrogens with zero attached hydrogens (tertiary/aromatic N) is 3. The number of aromatic nitrogens is 1. The van der Waals surface area contributed by atoms with E-state index in [1.54, 1.807) is 0 Å². The number of nitrogens with one attached hydrogen (secondary N) is 1. The predicted molar refractivity (Wildman–Crippen MR) is 115 cm³/mol. The molecule has 162 valence electrons. The third-order valence-electron chi connectivity index (χ3n) is 6.23. The van der Waals surface area contributed by atoms with Crippen molar-refractivity contribution >= 4 is 11.6 Å². The Balaban J connectivity index is 1.33. The molecule has 1 aromatic carbocycles. The van der Waals surface area contributed by atoms with Crippen molar-refractivity contribution < 1.29 is 14.1 Å². The Morgan fingerprint density at radius 3 is 2.83 bits per heavy atom. The van der Waals surface area contributed by atoms with E-state index in [-0.39, 0.29) is 5.91 Å². The number of amides is 1. The van der Waals surface area contributed by atoms with Crippen molar-refractivity contribution in [2.75, 3.05) is 51.3 Å². The number of benzene rings is 1. The van der Waals surface area contributed by atoms with Crippen molar-refractivity contribution in [3.63, 3.8) is 0 Å². The van der Waals surface area contributed by atoms with Gasteiger partial charge in [-0.3, -0.25) is 4.79 Å². The molecule has 2 saturated heterocycles. The molecule has 4 rings (SSSR count). The highest BCUT2D eigenvalue weighted by Crippen LogP contribution is 2.27. The van der Waals surface area contributed by atoms with E-state index < -0.39 is 0 Å². The van der Waals surface area contributed by atoms with E-state index in [2.05, 4.69) is 40.6 Å². The minimum Gasteiger partial charge on any atom is -0.378 e. The second kappa shape index (κ2) is 10.1. The molecule has 0 saturated carbocycles. The molecule has 0 bridgehead atoms. The number of rotatable bonds is 7. The summed E-state index contributed by atoms with van der Waals surface area (Å²) in [6.45, 7) is 5.32. The van der Waals surface area contributed by atoms with Crippen LogP contribution in [0.15, 0.2) is 40.9 Å². The van der Waals surface area contributed by atoms with E-state index in [0.717, 1.165) is 56.2 Å². The normalized spacial score (nSPS) is 22.1. The van der Waals surface area contributed by atoms with Gasteiger partial charge >= 0.3 is 0 Å². The van der Waals surface area contributed by atoms with Crippen LogP contribution in [-0.4, -0.2) is 62.4 Å². The van der Waals surface area contributed by atoms with Crippen molar-refractivity contribution in [3.8, 4) is 0 Å². The lowest BCUT2D eigenvalue weighted by Crippen LogP contribution is -2.44. The third-order valence-corrected chi connectivity index (χ3v) is 6.23. The van der Waals surface area contributed by atoms with Gasteiger partial charge < -0.3 is 24.4 Å². The minimum absolute atomic E-state index is 0.264. The second-order valence-electron chi connectivity index (χ2n) is 8.39. The van der Waals surface area contributed by atoms with Crippen LogP contribution in [0.3, 0.4) is 0 Å². The largest absolute Gasteiger partial charge is 0.378 e. The highest BCUT2D eigenvalue weighted by atomic mass is 16.5. The first-order chi connectivity index (χ1) is 14.7. The lowest BCUT2D eigenvalue weighted by atomic mass is 9.81. The fraction of sp³-hybridized carbons (Fsp3) is 0.565. The fourth-order valence-corrected chi connectivity index (χ4v) is 4.45. The van der Waals surface area contributed by atoms with Crippen LogP contribution in [-0.2, 0) is 22.5 Å². The molecular formula is C23H32N4O3. The van der Waals surface area contributed by atoms with Gasteiger partial charge in [-0.2, -0.15) is 0 Å². The Morgan fingerprint density at radius 2 is 2.03 bits per heavy atom. The van der Waals surface area contributed by atoms with Crippen LogP contribution in [0.4, 0.5) is 5.69 Å². The van der Waals surface area contributed by atoms with E-state index in [9.17, 15) is 4.79 Å². The summed E-state index contributed by atoms with van der Waals surface area (Å²) in [4.78, 5) is 16.8. The van der Waals surface area contributed by atoms with Gasteiger partial charge in [0, 0.05) is 38.3 Å². The van der Waals surface area contributed by atoms with Crippen molar-refractivity contribution in [3.05, 3.63) is 47.9 Å². The van der Waals surface area contributed by atoms with Crippen molar-refractivity contribution in [1.82, 2.24) is 15.4 Å². The molecule has 0 radical (unpaired) electrons. The Morgan fingerprint density at radius 1 is 1.23 bits per heavy atom. The molecular weight excluding hydrogens is 380 g/mol. The average molecular weight is 413 g/mol. The summed E-state index contributed by atoms with van der Waals surface area (Å²) in [6.07, 6.45) is 2.49. The van der Waals surface area contributed by atoms with Gasteiger partial charge in [0.05, 0.1) is 25.5 Å². The monoisotopic (exact) mass is 412 g/mol. The molecule has 2 atom stereocenters. The standard InChI is InChI=1S/C23H32N4O3/c1-26(21-5-3-2-4-6-21)17-22-15-20(25-30-22)13-19-16-24-8-7-18(19)14-23(28)27-9-11-29-12-10-27/h2-6,15,18-19,24H,7-14,16-17H2,1H3/t18-,19-/m0/s1. The Kier molecular flexibility index (Phi) is 7.02. The van der Waals surface area contributed by atoms with E-state index in [1.807, 2.05) is 23.1 Å². The SMILES string of the molecule is CN(Cc1cc(C[C@H]2CNCC[C@H]2CC(=O)N2CCOCC2)no1)c1ccccc1. The molecule has 2 fully saturated rings. The predicted octanol–water partition coefficient (Wildman–Crippen LogP) is 2.33. The molecule has 1 N–H and O–H groups in total. The van der Waals surface area contributed by atoms with Gasteiger partial charge in [-0.25, -0.2) is 0 Å². The smallest absolute Gasteiger partial charge is 0.223 e. The first kappa shape index (κ1) is 20.9. The maximum absolute atomic E-state index is 12.7. The van der Waals surface area contributed by atoms with Crippen LogP contribution in [0, 0.1) is 11.8 Å². The highest BCUT2D eigenvalue weighted by molar-refractivity contribution is 5.76. The van der Waals surface area contributed by atoms with Crippen molar-refractivity contribution in [2.24, 2.45) is 11.8 Å². The van der Waals surface area contributed by atoms with Crippen molar-refractivity contribution in [2.45, 2.75) is 25.8 Å². The summed E-state index contributed by atoms with van der Waals surface area (Å²) in [5.41, 5.74) is 2.12. The van der Waals surface area contributed by atoms with Gasteiger partial charge in [-0.05, 0) is 49.9 Å². The molecule has 2 aliphatic heterocycles. The number of hydrogen-bond acceptors (Lipinski definition) is 6.